The maximum Gasteiger partial charge on any atom is 0.0542 e. The molecule has 0 saturated heterocycles. The van der Waals surface area contributed by atoms with Crippen molar-refractivity contribution in [2.24, 2.45) is 0 Å². The zero-order valence-corrected chi connectivity index (χ0v) is 14.8. The molecule has 0 N–H and O–H groups in total. The maximum atomic E-state index is 2.34. The van der Waals surface area contributed by atoms with Crippen molar-refractivity contribution in [1.82, 2.24) is 0 Å². The molecule has 0 aromatic carbocycles. The molecule has 0 amide bonds. The number of hydrogen-bond acceptors (Lipinski definition) is 4. The van der Waals surface area contributed by atoms with E-state index in [9.17, 15) is 0 Å². The summed E-state index contributed by atoms with van der Waals surface area (Å²) in [6.45, 7) is 0. The average Bonchev–Trinajstić information content (AvgIpc) is 3.29. The highest BCUT2D eigenvalue weighted by Gasteiger charge is 2.36. The standard InChI is InChI=1S/C18H12S4/c1-3-13(19-7-1)15-11-5-9-22-18(11)16(14-4-2-8-20-14)12-6-10-21-17(12)15/h1-10,15-16H. The monoisotopic (exact) mass is 356 g/mol. The van der Waals surface area contributed by atoms with Gasteiger partial charge in [0.2, 0.25) is 0 Å². The molecule has 0 bridgehead atoms. The van der Waals surface area contributed by atoms with Gasteiger partial charge in [-0.25, -0.2) is 0 Å². The van der Waals surface area contributed by atoms with Gasteiger partial charge in [-0.15, -0.1) is 45.3 Å². The minimum absolute atomic E-state index is 0.437. The number of rotatable bonds is 2. The molecule has 4 aromatic heterocycles. The minimum Gasteiger partial charge on any atom is -0.148 e. The minimum atomic E-state index is 0.437. The normalized spacial score (nSPS) is 19.8. The van der Waals surface area contributed by atoms with Crippen LogP contribution in [0, 0.1) is 0 Å². The van der Waals surface area contributed by atoms with Crippen molar-refractivity contribution in [2.45, 2.75) is 11.8 Å². The summed E-state index contributed by atoms with van der Waals surface area (Å²) < 4.78 is 0. The van der Waals surface area contributed by atoms with Crippen LogP contribution in [0.3, 0.4) is 0 Å². The molecule has 4 heteroatoms. The van der Waals surface area contributed by atoms with E-state index in [1.54, 1.807) is 0 Å². The Morgan fingerprint density at radius 2 is 1.05 bits per heavy atom. The van der Waals surface area contributed by atoms with E-state index >= 15 is 0 Å². The summed E-state index contributed by atoms with van der Waals surface area (Å²) in [7, 11) is 0. The van der Waals surface area contributed by atoms with E-state index in [-0.39, 0.29) is 0 Å². The van der Waals surface area contributed by atoms with Crippen LogP contribution >= 0.6 is 45.3 Å². The summed E-state index contributed by atoms with van der Waals surface area (Å²) in [6, 6.07) is 13.6. The van der Waals surface area contributed by atoms with Crippen LogP contribution in [0.1, 0.15) is 42.5 Å². The Bertz CT molecular complexity index is 779. The molecule has 0 fully saturated rings. The lowest BCUT2D eigenvalue weighted by Crippen LogP contribution is -2.14. The second kappa shape index (κ2) is 5.17. The molecular formula is C18H12S4. The van der Waals surface area contributed by atoms with Crippen LogP contribution in [0.15, 0.2) is 57.9 Å². The topological polar surface area (TPSA) is 0 Å². The molecular weight excluding hydrogens is 344 g/mol. The van der Waals surface area contributed by atoms with E-state index in [1.807, 2.05) is 45.3 Å². The van der Waals surface area contributed by atoms with Crippen molar-refractivity contribution >= 4 is 45.3 Å². The second-order valence-electron chi connectivity index (χ2n) is 5.38. The third kappa shape index (κ3) is 1.85. The SMILES string of the molecule is c1csc(C2c3ccsc3C(c3cccs3)c3ccsc32)c1. The first-order chi connectivity index (χ1) is 10.9. The fourth-order valence-corrected chi connectivity index (χ4v) is 7.37. The average molecular weight is 357 g/mol. The van der Waals surface area contributed by atoms with Crippen LogP contribution in [-0.4, -0.2) is 0 Å². The largest absolute Gasteiger partial charge is 0.148 e. The number of fused-ring (bicyclic) bond motifs is 2. The Kier molecular flexibility index (Phi) is 3.11. The first-order valence-corrected chi connectivity index (χ1v) is 10.7. The molecule has 4 heterocycles. The summed E-state index contributed by atoms with van der Waals surface area (Å²) in [5, 5.41) is 8.92. The molecule has 0 aliphatic heterocycles. The Hall–Kier alpha value is -1.20. The van der Waals surface area contributed by atoms with E-state index < -0.39 is 0 Å². The first-order valence-electron chi connectivity index (χ1n) is 7.15. The molecule has 2 atom stereocenters. The molecule has 5 rings (SSSR count). The van der Waals surface area contributed by atoms with Gasteiger partial charge in [-0.1, -0.05) is 12.1 Å². The zero-order valence-electron chi connectivity index (χ0n) is 11.6. The third-order valence-electron chi connectivity index (χ3n) is 4.26. The molecule has 108 valence electrons. The molecule has 1 aliphatic carbocycles. The lowest BCUT2D eigenvalue weighted by Gasteiger charge is -2.28. The van der Waals surface area contributed by atoms with Gasteiger partial charge in [0.1, 0.15) is 0 Å². The van der Waals surface area contributed by atoms with Crippen molar-refractivity contribution in [2.75, 3.05) is 0 Å². The van der Waals surface area contributed by atoms with Gasteiger partial charge >= 0.3 is 0 Å². The van der Waals surface area contributed by atoms with Crippen molar-refractivity contribution < 1.29 is 0 Å². The molecule has 22 heavy (non-hydrogen) atoms. The van der Waals surface area contributed by atoms with Crippen molar-refractivity contribution in [3.05, 3.63) is 88.6 Å². The van der Waals surface area contributed by atoms with E-state index in [2.05, 4.69) is 57.9 Å². The molecule has 0 spiro atoms. The smallest absolute Gasteiger partial charge is 0.0542 e. The van der Waals surface area contributed by atoms with Crippen LogP contribution in [0.4, 0.5) is 0 Å². The summed E-state index contributed by atoms with van der Waals surface area (Å²) in [5.41, 5.74) is 3.03. The second-order valence-corrected chi connectivity index (χ2v) is 9.23. The van der Waals surface area contributed by atoms with E-state index in [0.717, 1.165) is 0 Å². The summed E-state index contributed by atoms with van der Waals surface area (Å²) in [5.74, 6) is 0.875. The van der Waals surface area contributed by atoms with E-state index in [1.165, 1.54) is 30.6 Å². The quantitative estimate of drug-likeness (QED) is 0.334. The van der Waals surface area contributed by atoms with Gasteiger partial charge in [0.15, 0.2) is 0 Å². The fraction of sp³-hybridized carbons (Fsp3) is 0.111. The predicted molar refractivity (Wildman–Crippen MR) is 99.2 cm³/mol. The summed E-state index contributed by atoms with van der Waals surface area (Å²) >= 11 is 7.58. The van der Waals surface area contributed by atoms with Crippen LogP contribution in [0.5, 0.6) is 0 Å². The maximum absolute atomic E-state index is 2.34. The molecule has 0 nitrogen and oxygen atoms in total. The van der Waals surface area contributed by atoms with Crippen molar-refractivity contribution in [1.29, 1.82) is 0 Å². The lowest BCUT2D eigenvalue weighted by molar-refractivity contribution is 0.886. The molecule has 0 saturated carbocycles. The van der Waals surface area contributed by atoms with E-state index in [0.29, 0.717) is 11.8 Å². The Morgan fingerprint density at radius 3 is 1.45 bits per heavy atom. The predicted octanol–water partition coefficient (Wildman–Crippen LogP) is 6.61. The Balaban J connectivity index is 1.78. The van der Waals surface area contributed by atoms with Crippen LogP contribution < -0.4 is 0 Å². The third-order valence-corrected chi connectivity index (χ3v) is 8.13. The summed E-state index contributed by atoms with van der Waals surface area (Å²) in [6.07, 6.45) is 0. The van der Waals surface area contributed by atoms with Gasteiger partial charge in [-0.2, -0.15) is 0 Å². The van der Waals surface area contributed by atoms with Gasteiger partial charge in [0.05, 0.1) is 11.8 Å². The Morgan fingerprint density at radius 1 is 0.545 bits per heavy atom. The van der Waals surface area contributed by atoms with Crippen LogP contribution in [0.25, 0.3) is 0 Å². The van der Waals surface area contributed by atoms with Gasteiger partial charge in [-0.05, 0) is 56.9 Å². The molecule has 0 radical (unpaired) electrons. The highest BCUT2D eigenvalue weighted by molar-refractivity contribution is 7.13. The number of thiophene rings is 4. The highest BCUT2D eigenvalue weighted by atomic mass is 32.1. The van der Waals surface area contributed by atoms with E-state index in [4.69, 9.17) is 0 Å². The number of hydrogen-bond donors (Lipinski definition) is 0. The fourth-order valence-electron chi connectivity index (χ4n) is 3.37. The van der Waals surface area contributed by atoms with Gasteiger partial charge in [-0.3, -0.25) is 0 Å². The van der Waals surface area contributed by atoms with Gasteiger partial charge in [0, 0.05) is 19.5 Å². The van der Waals surface area contributed by atoms with Crippen molar-refractivity contribution in [3.8, 4) is 0 Å². The van der Waals surface area contributed by atoms with Gasteiger partial charge in [0.25, 0.3) is 0 Å². The first kappa shape index (κ1) is 13.3. The molecule has 4 aromatic rings. The van der Waals surface area contributed by atoms with Crippen LogP contribution in [0.2, 0.25) is 0 Å². The zero-order chi connectivity index (χ0) is 14.5. The highest BCUT2D eigenvalue weighted by Crippen LogP contribution is 2.53. The molecule has 1 aliphatic rings. The summed E-state index contributed by atoms with van der Waals surface area (Å²) in [4.78, 5) is 6.00. The lowest BCUT2D eigenvalue weighted by atomic mass is 9.80. The van der Waals surface area contributed by atoms with Crippen LogP contribution in [-0.2, 0) is 0 Å². The molecule has 2 unspecified atom stereocenters. The van der Waals surface area contributed by atoms with Gasteiger partial charge < -0.3 is 0 Å². The van der Waals surface area contributed by atoms with Crippen molar-refractivity contribution in [3.63, 3.8) is 0 Å². The Labute approximate surface area is 145 Å².